The minimum Gasteiger partial charge on any atom is -0.497 e. The molecule has 5 heteroatoms. The fourth-order valence-electron chi connectivity index (χ4n) is 2.38. The Bertz CT molecular complexity index is 616. The minimum absolute atomic E-state index is 0.117. The Hall–Kier alpha value is -1.09. The lowest BCUT2D eigenvalue weighted by atomic mass is 9.92. The van der Waals surface area contributed by atoms with Crippen LogP contribution in [0.1, 0.15) is 30.9 Å². The molecule has 23 heavy (non-hydrogen) atoms. The quantitative estimate of drug-likeness (QED) is 0.600. The first-order valence-electron chi connectivity index (χ1n) is 7.28. The van der Waals surface area contributed by atoms with Crippen molar-refractivity contribution in [1.29, 1.82) is 0 Å². The van der Waals surface area contributed by atoms with Crippen molar-refractivity contribution in [1.82, 2.24) is 0 Å². The molecule has 1 atom stereocenters. The van der Waals surface area contributed by atoms with Crippen LogP contribution in [-0.2, 0) is 0 Å². The summed E-state index contributed by atoms with van der Waals surface area (Å²) >= 11 is 18.7. The second kappa shape index (κ2) is 7.65. The Morgan fingerprint density at radius 3 is 1.57 bits per heavy atom. The Kier molecular flexibility index (Phi) is 6.07. The predicted octanol–water partition coefficient (Wildman–Crippen LogP) is 5.98. The van der Waals surface area contributed by atoms with E-state index in [9.17, 15) is 0 Å². The maximum absolute atomic E-state index is 6.23. The summed E-state index contributed by atoms with van der Waals surface area (Å²) in [6.45, 7) is 3.96. The highest BCUT2D eigenvalue weighted by Crippen LogP contribution is 2.46. The first kappa shape index (κ1) is 18.3. The van der Waals surface area contributed by atoms with Gasteiger partial charge in [-0.25, -0.2) is 0 Å². The summed E-state index contributed by atoms with van der Waals surface area (Å²) in [4.78, 5) is 0. The molecule has 2 rings (SSSR count). The second-order valence-corrected chi connectivity index (χ2v) is 7.85. The number of rotatable bonds is 5. The van der Waals surface area contributed by atoms with Gasteiger partial charge in [0.25, 0.3) is 0 Å². The Morgan fingerprint density at radius 1 is 0.783 bits per heavy atom. The second-order valence-electron chi connectivity index (χ2n) is 5.48. The van der Waals surface area contributed by atoms with E-state index in [4.69, 9.17) is 44.3 Å². The normalized spacial score (nSPS) is 13.0. The van der Waals surface area contributed by atoms with E-state index in [-0.39, 0.29) is 12.0 Å². The van der Waals surface area contributed by atoms with Gasteiger partial charge in [-0.05, 0) is 49.2 Å². The van der Waals surface area contributed by atoms with Crippen molar-refractivity contribution < 1.29 is 9.47 Å². The van der Waals surface area contributed by atoms with Crippen LogP contribution < -0.4 is 9.47 Å². The number of hydrogen-bond donors (Lipinski definition) is 0. The van der Waals surface area contributed by atoms with Crippen LogP contribution in [0.25, 0.3) is 0 Å². The molecule has 0 saturated heterocycles. The van der Waals surface area contributed by atoms with Gasteiger partial charge in [-0.3, -0.25) is 0 Å². The molecular weight excluding hydrogens is 355 g/mol. The van der Waals surface area contributed by atoms with Crippen molar-refractivity contribution in [3.8, 4) is 11.5 Å². The molecule has 0 spiro atoms. The predicted molar refractivity (Wildman–Crippen MR) is 97.3 cm³/mol. The monoisotopic (exact) mass is 372 g/mol. The van der Waals surface area contributed by atoms with E-state index in [1.807, 2.05) is 62.4 Å². The zero-order valence-electron chi connectivity index (χ0n) is 13.2. The van der Waals surface area contributed by atoms with Gasteiger partial charge < -0.3 is 9.47 Å². The van der Waals surface area contributed by atoms with Gasteiger partial charge in [0.2, 0.25) is 3.79 Å². The molecule has 0 N–H and O–H groups in total. The highest BCUT2D eigenvalue weighted by molar-refractivity contribution is 6.68. The molecule has 0 fully saturated rings. The molecule has 0 aromatic heterocycles. The molecule has 0 bridgehead atoms. The molecular formula is C18H19Cl3O2. The average Bonchev–Trinajstić information content (AvgIpc) is 2.48. The van der Waals surface area contributed by atoms with Gasteiger partial charge in [-0.1, -0.05) is 59.1 Å². The van der Waals surface area contributed by atoms with Gasteiger partial charge in [-0.2, -0.15) is 0 Å². The van der Waals surface area contributed by atoms with E-state index in [1.54, 1.807) is 7.11 Å². The molecule has 2 aromatic rings. The number of hydrogen-bond acceptors (Lipinski definition) is 2. The Labute approximate surface area is 152 Å². The van der Waals surface area contributed by atoms with Crippen LogP contribution in [0.5, 0.6) is 11.5 Å². The Morgan fingerprint density at radius 2 is 1.22 bits per heavy atom. The van der Waals surface area contributed by atoms with Gasteiger partial charge in [0.15, 0.2) is 0 Å². The van der Waals surface area contributed by atoms with Crippen molar-refractivity contribution in [2.24, 2.45) is 0 Å². The molecule has 0 aliphatic carbocycles. The van der Waals surface area contributed by atoms with Gasteiger partial charge in [0.05, 0.1) is 19.1 Å². The van der Waals surface area contributed by atoms with E-state index in [0.29, 0.717) is 0 Å². The summed E-state index contributed by atoms with van der Waals surface area (Å²) < 4.78 is 9.37. The first-order valence-corrected chi connectivity index (χ1v) is 8.42. The highest BCUT2D eigenvalue weighted by Gasteiger charge is 2.35. The zero-order chi connectivity index (χ0) is 17.0. The van der Waals surface area contributed by atoms with Crippen LogP contribution in [0.2, 0.25) is 0 Å². The topological polar surface area (TPSA) is 18.5 Å². The smallest absolute Gasteiger partial charge is 0.201 e. The molecule has 0 saturated carbocycles. The summed E-state index contributed by atoms with van der Waals surface area (Å²) in [5.41, 5.74) is 1.81. The lowest BCUT2D eigenvalue weighted by Gasteiger charge is -2.26. The third kappa shape index (κ3) is 4.94. The van der Waals surface area contributed by atoms with Crippen molar-refractivity contribution >= 4 is 34.8 Å². The number of benzene rings is 2. The highest BCUT2D eigenvalue weighted by atomic mass is 35.6. The fraction of sp³-hybridized carbons (Fsp3) is 0.333. The largest absolute Gasteiger partial charge is 0.497 e. The summed E-state index contributed by atoms with van der Waals surface area (Å²) in [5.74, 6) is 1.17. The zero-order valence-corrected chi connectivity index (χ0v) is 15.5. The fourth-order valence-corrected chi connectivity index (χ4v) is 3.13. The summed E-state index contributed by atoms with van der Waals surface area (Å²) in [6.07, 6.45) is 0.117. The van der Waals surface area contributed by atoms with Crippen LogP contribution in [-0.4, -0.2) is 17.0 Å². The molecule has 0 radical (unpaired) electrons. The van der Waals surface area contributed by atoms with Gasteiger partial charge in [0, 0.05) is 0 Å². The number of ether oxygens (including phenoxy) is 2. The van der Waals surface area contributed by atoms with E-state index < -0.39 is 3.79 Å². The van der Waals surface area contributed by atoms with Crippen LogP contribution in [0, 0.1) is 0 Å². The van der Waals surface area contributed by atoms with Crippen molar-refractivity contribution in [3.05, 3.63) is 59.7 Å². The molecule has 124 valence electrons. The van der Waals surface area contributed by atoms with Gasteiger partial charge in [0.1, 0.15) is 11.5 Å². The molecule has 0 unspecified atom stereocenters. The SMILES string of the molecule is COc1ccc([C@H](c2ccc(OC(C)C)cc2)C(Cl)(Cl)Cl)cc1. The van der Waals surface area contributed by atoms with E-state index in [1.165, 1.54) is 0 Å². The number of halogens is 3. The first-order chi connectivity index (χ1) is 10.8. The van der Waals surface area contributed by atoms with Gasteiger partial charge >= 0.3 is 0 Å². The summed E-state index contributed by atoms with van der Waals surface area (Å²) in [5, 5.41) is 0. The molecule has 0 heterocycles. The maximum Gasteiger partial charge on any atom is 0.201 e. The lowest BCUT2D eigenvalue weighted by Crippen LogP contribution is -2.18. The molecule has 0 amide bonds. The number of alkyl halides is 3. The lowest BCUT2D eigenvalue weighted by molar-refractivity contribution is 0.242. The van der Waals surface area contributed by atoms with E-state index >= 15 is 0 Å². The average molecular weight is 374 g/mol. The van der Waals surface area contributed by atoms with Crippen molar-refractivity contribution in [2.75, 3.05) is 7.11 Å². The van der Waals surface area contributed by atoms with Crippen molar-refractivity contribution in [3.63, 3.8) is 0 Å². The molecule has 0 aliphatic rings. The molecule has 2 nitrogen and oxygen atoms in total. The minimum atomic E-state index is -1.46. The van der Waals surface area contributed by atoms with E-state index in [2.05, 4.69) is 0 Å². The molecule has 2 aromatic carbocycles. The van der Waals surface area contributed by atoms with Crippen molar-refractivity contribution in [2.45, 2.75) is 29.7 Å². The third-order valence-corrected chi connectivity index (χ3v) is 4.02. The standard InChI is InChI=1S/C18H19Cl3O2/c1-12(2)23-16-10-6-14(7-11-16)17(18(19,20)21)13-4-8-15(22-3)9-5-13/h4-12,17H,1-3H3/t17-/m1/s1. The third-order valence-electron chi connectivity index (χ3n) is 3.36. The maximum atomic E-state index is 6.23. The summed E-state index contributed by atoms with van der Waals surface area (Å²) in [6, 6.07) is 15.2. The van der Waals surface area contributed by atoms with Crippen LogP contribution in [0.15, 0.2) is 48.5 Å². The molecule has 0 aliphatic heterocycles. The van der Waals surface area contributed by atoms with Crippen LogP contribution >= 0.6 is 34.8 Å². The van der Waals surface area contributed by atoms with Gasteiger partial charge in [-0.15, -0.1) is 0 Å². The Balaban J connectivity index is 2.35. The summed E-state index contributed by atoms with van der Waals surface area (Å²) in [7, 11) is 1.62. The van der Waals surface area contributed by atoms with Crippen LogP contribution in [0.4, 0.5) is 0 Å². The van der Waals surface area contributed by atoms with E-state index in [0.717, 1.165) is 22.6 Å². The number of methoxy groups -OCH3 is 1. The van der Waals surface area contributed by atoms with Crippen LogP contribution in [0.3, 0.4) is 0 Å².